The molecule has 0 saturated carbocycles. The number of carbonyl (C=O) groups is 1. The molecule has 1 amide bonds. The predicted octanol–water partition coefficient (Wildman–Crippen LogP) is 5.44. The summed E-state index contributed by atoms with van der Waals surface area (Å²) in [5.74, 6) is 0.825. The van der Waals surface area contributed by atoms with Gasteiger partial charge in [0, 0.05) is 31.2 Å². The number of carbonyl (C=O) groups excluding carboxylic acids is 1. The normalized spacial score (nSPS) is 21.3. The molecule has 0 aromatic heterocycles. The Morgan fingerprint density at radius 2 is 1.63 bits per heavy atom. The van der Waals surface area contributed by atoms with Crippen molar-refractivity contribution in [2.24, 2.45) is 0 Å². The zero-order chi connectivity index (χ0) is 23.6. The summed E-state index contributed by atoms with van der Waals surface area (Å²) in [7, 11) is 0. The van der Waals surface area contributed by atoms with Gasteiger partial charge in [-0.15, -0.1) is 0 Å². The molecule has 3 aromatic carbocycles. The summed E-state index contributed by atoms with van der Waals surface area (Å²) in [6, 6.07) is 26.6. The molecule has 180 valence electrons. The van der Waals surface area contributed by atoms with Crippen molar-refractivity contribution >= 4 is 5.91 Å². The maximum atomic E-state index is 13.0. The first-order chi connectivity index (χ1) is 17.2. The molecule has 35 heavy (non-hydrogen) atoms. The Morgan fingerprint density at radius 3 is 2.37 bits per heavy atom. The quantitative estimate of drug-likeness (QED) is 0.545. The topological polar surface area (TPSA) is 35.6 Å². The number of piperidine rings is 2. The summed E-state index contributed by atoms with van der Waals surface area (Å²) < 4.78 is 0. The number of fused-ring (bicyclic) bond motifs is 1. The minimum Gasteiger partial charge on any atom is -0.330 e. The monoisotopic (exact) mass is 465 g/mol. The van der Waals surface area contributed by atoms with Crippen LogP contribution in [0.1, 0.15) is 58.6 Å². The fourth-order valence-electron chi connectivity index (χ4n) is 6.13. The van der Waals surface area contributed by atoms with Crippen LogP contribution in [0.25, 0.3) is 11.1 Å². The predicted molar refractivity (Wildman–Crippen MR) is 141 cm³/mol. The van der Waals surface area contributed by atoms with Crippen LogP contribution in [0.5, 0.6) is 0 Å². The van der Waals surface area contributed by atoms with E-state index in [-0.39, 0.29) is 5.91 Å². The molecule has 1 atom stereocenters. The lowest BCUT2D eigenvalue weighted by molar-refractivity contribution is 0.0674. The summed E-state index contributed by atoms with van der Waals surface area (Å²) in [4.78, 5) is 17.7. The van der Waals surface area contributed by atoms with Crippen molar-refractivity contribution in [3.63, 3.8) is 0 Å². The van der Waals surface area contributed by atoms with E-state index < -0.39 is 0 Å². The van der Waals surface area contributed by atoms with Crippen LogP contribution >= 0.6 is 0 Å². The molecule has 3 aliphatic heterocycles. The van der Waals surface area contributed by atoms with Crippen LogP contribution in [0, 0.1) is 0 Å². The highest BCUT2D eigenvalue weighted by atomic mass is 16.2. The molecule has 4 heteroatoms. The van der Waals surface area contributed by atoms with Gasteiger partial charge in [-0.2, -0.15) is 0 Å². The number of hydrogen-bond acceptors (Lipinski definition) is 3. The van der Waals surface area contributed by atoms with Crippen LogP contribution < -0.4 is 5.32 Å². The SMILES string of the molecule is O=C1c2ccc(C3CCN(Cc4ccc(-c5ccccc5)cc4)CC3)cc2CN1C1CCCNC1. The zero-order valence-corrected chi connectivity index (χ0v) is 20.5. The minimum atomic E-state index is 0.230. The van der Waals surface area contributed by atoms with Gasteiger partial charge in [-0.3, -0.25) is 9.69 Å². The highest BCUT2D eigenvalue weighted by Gasteiger charge is 2.34. The Morgan fingerprint density at radius 1 is 0.857 bits per heavy atom. The highest BCUT2D eigenvalue weighted by molar-refractivity contribution is 5.98. The number of rotatable bonds is 5. The smallest absolute Gasteiger partial charge is 0.254 e. The van der Waals surface area contributed by atoms with Crippen LogP contribution in [-0.2, 0) is 13.1 Å². The minimum absolute atomic E-state index is 0.230. The Bertz CT molecular complexity index is 1160. The first-order valence-corrected chi connectivity index (χ1v) is 13.3. The van der Waals surface area contributed by atoms with Crippen LogP contribution in [0.4, 0.5) is 0 Å². The molecule has 6 rings (SSSR count). The standard InChI is InChI=1S/C31H35N3O/c35-31-30-13-12-27(19-28(30)22-34(31)29-7-4-16-32-20-29)26-14-17-33(18-15-26)21-23-8-10-25(11-9-23)24-5-2-1-3-6-24/h1-3,5-6,8-13,19,26,29,32H,4,7,14-18,20-22H2. The number of nitrogens with one attached hydrogen (secondary N) is 1. The summed E-state index contributed by atoms with van der Waals surface area (Å²) in [6.07, 6.45) is 4.65. The average Bonchev–Trinajstić information content (AvgIpc) is 3.26. The first-order valence-electron chi connectivity index (χ1n) is 13.3. The fraction of sp³-hybridized carbons (Fsp3) is 0.387. The van der Waals surface area contributed by atoms with Gasteiger partial charge in [0.15, 0.2) is 0 Å². The van der Waals surface area contributed by atoms with Crippen LogP contribution in [-0.4, -0.2) is 47.9 Å². The van der Waals surface area contributed by atoms with Crippen LogP contribution in [0.3, 0.4) is 0 Å². The Labute approximate surface area is 209 Å². The number of nitrogens with zero attached hydrogens (tertiary/aromatic N) is 2. The maximum Gasteiger partial charge on any atom is 0.254 e. The molecule has 3 aliphatic rings. The van der Waals surface area contributed by atoms with E-state index in [9.17, 15) is 4.79 Å². The second-order valence-electron chi connectivity index (χ2n) is 10.5. The van der Waals surface area contributed by atoms with Gasteiger partial charge in [-0.05, 0) is 85.1 Å². The summed E-state index contributed by atoms with van der Waals surface area (Å²) in [5.41, 5.74) is 7.52. The van der Waals surface area contributed by atoms with E-state index in [1.165, 1.54) is 40.7 Å². The van der Waals surface area contributed by atoms with Crippen molar-refractivity contribution < 1.29 is 4.79 Å². The second-order valence-corrected chi connectivity index (χ2v) is 10.5. The van der Waals surface area contributed by atoms with Gasteiger partial charge in [0.25, 0.3) is 5.91 Å². The van der Waals surface area contributed by atoms with Gasteiger partial charge in [0.2, 0.25) is 0 Å². The van der Waals surface area contributed by atoms with E-state index in [1.54, 1.807) is 0 Å². The first kappa shape index (κ1) is 22.5. The Hall–Kier alpha value is -2.95. The Balaban J connectivity index is 1.05. The molecule has 0 bridgehead atoms. The summed E-state index contributed by atoms with van der Waals surface area (Å²) in [6.45, 7) is 6.06. The lowest BCUT2D eigenvalue weighted by Crippen LogP contribution is -2.46. The molecule has 2 fully saturated rings. The fourth-order valence-corrected chi connectivity index (χ4v) is 6.13. The summed E-state index contributed by atoms with van der Waals surface area (Å²) in [5, 5.41) is 3.46. The molecular formula is C31H35N3O. The van der Waals surface area contributed by atoms with Gasteiger partial charge in [0.05, 0.1) is 0 Å². The van der Waals surface area contributed by atoms with Gasteiger partial charge in [0.1, 0.15) is 0 Å². The third-order valence-corrected chi connectivity index (χ3v) is 8.20. The largest absolute Gasteiger partial charge is 0.330 e. The molecule has 0 aliphatic carbocycles. The van der Waals surface area contributed by atoms with Gasteiger partial charge >= 0.3 is 0 Å². The zero-order valence-electron chi connectivity index (χ0n) is 20.5. The third kappa shape index (κ3) is 4.78. The number of hydrogen-bond donors (Lipinski definition) is 1. The molecule has 3 aromatic rings. The van der Waals surface area contributed by atoms with E-state index in [0.717, 1.165) is 57.7 Å². The maximum absolute atomic E-state index is 13.0. The lowest BCUT2D eigenvalue weighted by atomic mass is 9.87. The number of amides is 1. The van der Waals surface area contributed by atoms with Crippen molar-refractivity contribution in [3.05, 3.63) is 95.1 Å². The molecule has 0 spiro atoms. The number of benzene rings is 3. The Kier molecular flexibility index (Phi) is 6.41. The molecule has 1 unspecified atom stereocenters. The van der Waals surface area contributed by atoms with E-state index in [1.807, 2.05) is 0 Å². The van der Waals surface area contributed by atoms with Crippen molar-refractivity contribution in [3.8, 4) is 11.1 Å². The van der Waals surface area contributed by atoms with Gasteiger partial charge in [-0.1, -0.05) is 66.7 Å². The molecule has 0 radical (unpaired) electrons. The lowest BCUT2D eigenvalue weighted by Gasteiger charge is -2.32. The van der Waals surface area contributed by atoms with Crippen molar-refractivity contribution in [1.29, 1.82) is 0 Å². The molecular weight excluding hydrogens is 430 g/mol. The van der Waals surface area contributed by atoms with Crippen molar-refractivity contribution in [2.45, 2.75) is 50.7 Å². The van der Waals surface area contributed by atoms with Gasteiger partial charge in [-0.25, -0.2) is 0 Å². The molecule has 3 heterocycles. The average molecular weight is 466 g/mol. The third-order valence-electron chi connectivity index (χ3n) is 8.20. The highest BCUT2D eigenvalue weighted by Crippen LogP contribution is 2.34. The van der Waals surface area contributed by atoms with E-state index in [0.29, 0.717) is 12.0 Å². The number of likely N-dealkylation sites (tertiary alicyclic amines) is 1. The van der Waals surface area contributed by atoms with Crippen molar-refractivity contribution in [2.75, 3.05) is 26.2 Å². The van der Waals surface area contributed by atoms with Gasteiger partial charge < -0.3 is 10.2 Å². The van der Waals surface area contributed by atoms with Crippen LogP contribution in [0.2, 0.25) is 0 Å². The molecule has 4 nitrogen and oxygen atoms in total. The van der Waals surface area contributed by atoms with E-state index in [2.05, 4.69) is 87.9 Å². The molecule has 2 saturated heterocycles. The molecule has 1 N–H and O–H groups in total. The van der Waals surface area contributed by atoms with Crippen molar-refractivity contribution in [1.82, 2.24) is 15.1 Å². The van der Waals surface area contributed by atoms with E-state index in [4.69, 9.17) is 0 Å². The van der Waals surface area contributed by atoms with Crippen LogP contribution in [0.15, 0.2) is 72.8 Å². The van der Waals surface area contributed by atoms with E-state index >= 15 is 0 Å². The summed E-state index contributed by atoms with van der Waals surface area (Å²) >= 11 is 0. The second kappa shape index (κ2) is 9.96.